The highest BCUT2D eigenvalue weighted by molar-refractivity contribution is 5.85. The van der Waals surface area contributed by atoms with Crippen molar-refractivity contribution in [2.24, 2.45) is 0 Å². The van der Waals surface area contributed by atoms with Crippen molar-refractivity contribution in [2.75, 3.05) is 46.1 Å². The van der Waals surface area contributed by atoms with Gasteiger partial charge in [0.2, 0.25) is 5.91 Å². The SMILES string of the molecule is CCOCCOCC(=O)N1CCNCC1C.Cl. The van der Waals surface area contributed by atoms with Gasteiger partial charge in [0.05, 0.1) is 13.2 Å². The molecule has 1 heterocycles. The van der Waals surface area contributed by atoms with E-state index in [-0.39, 0.29) is 31.0 Å². The minimum atomic E-state index is 0. The number of carbonyl (C=O) groups is 1. The third kappa shape index (κ3) is 6.21. The van der Waals surface area contributed by atoms with Gasteiger partial charge in [0.1, 0.15) is 6.61 Å². The molecule has 0 aliphatic carbocycles. The summed E-state index contributed by atoms with van der Waals surface area (Å²) in [6.07, 6.45) is 0. The summed E-state index contributed by atoms with van der Waals surface area (Å²) < 4.78 is 10.4. The Bertz CT molecular complexity index is 217. The van der Waals surface area contributed by atoms with Gasteiger partial charge in [-0.05, 0) is 13.8 Å². The van der Waals surface area contributed by atoms with E-state index in [9.17, 15) is 4.79 Å². The summed E-state index contributed by atoms with van der Waals surface area (Å²) in [5.74, 6) is 0.0745. The number of ether oxygens (including phenoxy) is 2. The number of nitrogens with zero attached hydrogens (tertiary/aromatic N) is 1. The quantitative estimate of drug-likeness (QED) is 0.702. The first-order chi connectivity index (χ1) is 7.75. The van der Waals surface area contributed by atoms with Crippen LogP contribution in [-0.2, 0) is 14.3 Å². The molecule has 1 rings (SSSR count). The smallest absolute Gasteiger partial charge is 0.248 e. The molecule has 0 saturated carbocycles. The zero-order valence-corrected chi connectivity index (χ0v) is 11.4. The molecule has 102 valence electrons. The molecule has 0 spiro atoms. The molecule has 1 aliphatic rings. The highest BCUT2D eigenvalue weighted by Crippen LogP contribution is 2.02. The maximum Gasteiger partial charge on any atom is 0.248 e. The van der Waals surface area contributed by atoms with Crippen LogP contribution >= 0.6 is 12.4 Å². The summed E-state index contributed by atoms with van der Waals surface area (Å²) in [7, 11) is 0. The van der Waals surface area contributed by atoms with E-state index in [0.717, 1.165) is 19.6 Å². The Labute approximate surface area is 109 Å². The molecule has 1 fully saturated rings. The number of halogens is 1. The van der Waals surface area contributed by atoms with Gasteiger partial charge in [-0.2, -0.15) is 0 Å². The molecule has 5 nitrogen and oxygen atoms in total. The van der Waals surface area contributed by atoms with E-state index in [1.807, 2.05) is 18.7 Å². The van der Waals surface area contributed by atoms with Crippen LogP contribution in [0.3, 0.4) is 0 Å². The summed E-state index contributed by atoms with van der Waals surface area (Å²) in [4.78, 5) is 13.6. The molecule has 0 aromatic rings. The monoisotopic (exact) mass is 266 g/mol. The van der Waals surface area contributed by atoms with Gasteiger partial charge in [-0.3, -0.25) is 4.79 Å². The van der Waals surface area contributed by atoms with E-state index >= 15 is 0 Å². The van der Waals surface area contributed by atoms with Crippen LogP contribution in [0.15, 0.2) is 0 Å². The molecule has 0 radical (unpaired) electrons. The van der Waals surface area contributed by atoms with E-state index in [1.54, 1.807) is 0 Å². The first-order valence-corrected chi connectivity index (χ1v) is 5.91. The van der Waals surface area contributed by atoms with Gasteiger partial charge in [0.15, 0.2) is 0 Å². The van der Waals surface area contributed by atoms with Crippen LogP contribution in [0.1, 0.15) is 13.8 Å². The number of piperazine rings is 1. The van der Waals surface area contributed by atoms with E-state index in [2.05, 4.69) is 5.32 Å². The third-order valence-corrected chi connectivity index (χ3v) is 2.62. The predicted molar refractivity (Wildman–Crippen MR) is 68.6 cm³/mol. The standard InChI is InChI=1S/C11H22N2O3.ClH/c1-3-15-6-7-16-9-11(14)13-5-4-12-8-10(13)2;/h10,12H,3-9H2,1-2H3;1H. The molecule has 17 heavy (non-hydrogen) atoms. The highest BCUT2D eigenvalue weighted by Gasteiger charge is 2.22. The molecule has 1 atom stereocenters. The van der Waals surface area contributed by atoms with Crippen molar-refractivity contribution < 1.29 is 14.3 Å². The first kappa shape index (κ1) is 16.6. The van der Waals surface area contributed by atoms with Crippen LogP contribution in [0.25, 0.3) is 0 Å². The zero-order chi connectivity index (χ0) is 11.8. The van der Waals surface area contributed by atoms with Gasteiger partial charge in [-0.1, -0.05) is 0 Å². The summed E-state index contributed by atoms with van der Waals surface area (Å²) >= 11 is 0. The van der Waals surface area contributed by atoms with E-state index in [4.69, 9.17) is 9.47 Å². The lowest BCUT2D eigenvalue weighted by molar-refractivity contribution is -0.139. The Morgan fingerprint density at radius 2 is 2.12 bits per heavy atom. The molecule has 1 unspecified atom stereocenters. The lowest BCUT2D eigenvalue weighted by Gasteiger charge is -2.33. The van der Waals surface area contributed by atoms with Crippen molar-refractivity contribution >= 4 is 18.3 Å². The van der Waals surface area contributed by atoms with Crippen molar-refractivity contribution in [2.45, 2.75) is 19.9 Å². The number of amides is 1. The Morgan fingerprint density at radius 1 is 1.41 bits per heavy atom. The lowest BCUT2D eigenvalue weighted by atomic mass is 10.2. The molecule has 6 heteroatoms. The maximum atomic E-state index is 11.8. The molecular weight excluding hydrogens is 244 g/mol. The molecule has 0 aromatic heterocycles. The topological polar surface area (TPSA) is 50.8 Å². The van der Waals surface area contributed by atoms with Gasteiger partial charge in [-0.25, -0.2) is 0 Å². The highest BCUT2D eigenvalue weighted by atomic mass is 35.5. The van der Waals surface area contributed by atoms with Gasteiger partial charge in [0, 0.05) is 32.3 Å². The van der Waals surface area contributed by atoms with Gasteiger partial charge in [-0.15, -0.1) is 12.4 Å². The second kappa shape index (κ2) is 9.65. The average Bonchev–Trinajstić information content (AvgIpc) is 2.29. The van der Waals surface area contributed by atoms with Crippen molar-refractivity contribution in [1.29, 1.82) is 0 Å². The molecule has 1 amide bonds. The minimum Gasteiger partial charge on any atom is -0.379 e. The first-order valence-electron chi connectivity index (χ1n) is 5.91. The molecular formula is C11H23ClN2O3. The number of rotatable bonds is 6. The van der Waals surface area contributed by atoms with E-state index in [1.165, 1.54) is 0 Å². The van der Waals surface area contributed by atoms with Crippen LogP contribution in [0, 0.1) is 0 Å². The number of hydrogen-bond acceptors (Lipinski definition) is 4. The van der Waals surface area contributed by atoms with Gasteiger partial charge < -0.3 is 19.7 Å². The van der Waals surface area contributed by atoms with Crippen molar-refractivity contribution in [3.63, 3.8) is 0 Å². The Balaban J connectivity index is 0.00000256. The molecule has 1 saturated heterocycles. The Kier molecular flexibility index (Phi) is 9.44. The molecule has 1 N–H and O–H groups in total. The van der Waals surface area contributed by atoms with Crippen LogP contribution in [0.4, 0.5) is 0 Å². The third-order valence-electron chi connectivity index (χ3n) is 2.62. The summed E-state index contributed by atoms with van der Waals surface area (Å²) in [6, 6.07) is 0.261. The fraction of sp³-hybridized carbons (Fsp3) is 0.909. The lowest BCUT2D eigenvalue weighted by Crippen LogP contribution is -2.53. The number of carbonyl (C=O) groups excluding carboxylic acids is 1. The second-order valence-corrected chi connectivity index (χ2v) is 3.89. The van der Waals surface area contributed by atoms with Gasteiger partial charge >= 0.3 is 0 Å². The summed E-state index contributed by atoms with van der Waals surface area (Å²) in [6.45, 7) is 8.39. The molecule has 0 bridgehead atoms. The Hall–Kier alpha value is -0.360. The van der Waals surface area contributed by atoms with Crippen molar-refractivity contribution in [1.82, 2.24) is 10.2 Å². The minimum absolute atomic E-state index is 0. The largest absolute Gasteiger partial charge is 0.379 e. The zero-order valence-electron chi connectivity index (χ0n) is 10.6. The fourth-order valence-corrected chi connectivity index (χ4v) is 1.72. The molecule has 1 aliphatic heterocycles. The predicted octanol–water partition coefficient (Wildman–Crippen LogP) is 0.282. The average molecular weight is 267 g/mol. The Morgan fingerprint density at radius 3 is 2.76 bits per heavy atom. The van der Waals surface area contributed by atoms with E-state index in [0.29, 0.717) is 19.8 Å². The second-order valence-electron chi connectivity index (χ2n) is 3.89. The van der Waals surface area contributed by atoms with Crippen LogP contribution in [-0.4, -0.2) is 62.9 Å². The van der Waals surface area contributed by atoms with E-state index < -0.39 is 0 Å². The van der Waals surface area contributed by atoms with Crippen molar-refractivity contribution in [3.8, 4) is 0 Å². The van der Waals surface area contributed by atoms with Crippen molar-refractivity contribution in [3.05, 3.63) is 0 Å². The van der Waals surface area contributed by atoms with Gasteiger partial charge in [0.25, 0.3) is 0 Å². The molecule has 0 aromatic carbocycles. The number of hydrogen-bond donors (Lipinski definition) is 1. The summed E-state index contributed by atoms with van der Waals surface area (Å²) in [5, 5.41) is 3.25. The number of nitrogens with one attached hydrogen (secondary N) is 1. The fourth-order valence-electron chi connectivity index (χ4n) is 1.72. The van der Waals surface area contributed by atoms with Crippen LogP contribution < -0.4 is 5.32 Å². The normalized spacial score (nSPS) is 19.9. The maximum absolute atomic E-state index is 11.8. The summed E-state index contributed by atoms with van der Waals surface area (Å²) in [5.41, 5.74) is 0. The van der Waals surface area contributed by atoms with Crippen LogP contribution in [0.5, 0.6) is 0 Å². The van der Waals surface area contributed by atoms with Crippen LogP contribution in [0.2, 0.25) is 0 Å².